The molecule has 4 heteroatoms. The summed E-state index contributed by atoms with van der Waals surface area (Å²) in [5, 5.41) is 0. The van der Waals surface area contributed by atoms with Crippen molar-refractivity contribution in [2.24, 2.45) is 0 Å². The van der Waals surface area contributed by atoms with Crippen LogP contribution < -0.4 is 4.74 Å². The Morgan fingerprint density at radius 2 is 2.12 bits per heavy atom. The molecule has 1 atom stereocenters. The quantitative estimate of drug-likeness (QED) is 0.763. The summed E-state index contributed by atoms with van der Waals surface area (Å²) in [4.78, 5) is 0. The smallest absolute Gasteiger partial charge is 0.124 e. The highest BCUT2D eigenvalue weighted by atomic mass is 79.9. The van der Waals surface area contributed by atoms with E-state index in [1.54, 1.807) is 0 Å². The Balaban J connectivity index is 2.23. The summed E-state index contributed by atoms with van der Waals surface area (Å²) in [6.45, 7) is 5.79. The largest absolute Gasteiger partial charge is 0.490 e. The summed E-state index contributed by atoms with van der Waals surface area (Å²) in [6.07, 6.45) is 0.294. The second-order valence-corrected chi connectivity index (χ2v) is 5.84. The normalized spacial score (nSPS) is 18.9. The molecule has 88 valence electrons. The van der Waals surface area contributed by atoms with Crippen LogP contribution in [0.25, 0.3) is 0 Å². The Morgan fingerprint density at radius 1 is 1.44 bits per heavy atom. The van der Waals surface area contributed by atoms with Crippen LogP contribution >= 0.6 is 31.9 Å². The molecule has 0 spiro atoms. The molecule has 1 aromatic rings. The molecule has 0 amide bonds. The van der Waals surface area contributed by atoms with E-state index in [2.05, 4.69) is 45.7 Å². The minimum atomic E-state index is 0.294. The number of halogens is 2. The van der Waals surface area contributed by atoms with Gasteiger partial charge in [-0.1, -0.05) is 13.8 Å². The molecule has 16 heavy (non-hydrogen) atoms. The molecule has 1 aliphatic rings. The molecule has 0 aliphatic carbocycles. The van der Waals surface area contributed by atoms with Crippen molar-refractivity contribution in [1.82, 2.24) is 0 Å². The van der Waals surface area contributed by atoms with E-state index in [9.17, 15) is 0 Å². The first kappa shape index (κ1) is 12.4. The average molecular weight is 350 g/mol. The van der Waals surface area contributed by atoms with Crippen LogP contribution in [-0.2, 0) is 4.74 Å². The van der Waals surface area contributed by atoms with Crippen LogP contribution in [0.3, 0.4) is 0 Å². The van der Waals surface area contributed by atoms with E-state index in [1.165, 1.54) is 5.56 Å². The monoisotopic (exact) mass is 348 g/mol. The molecule has 2 rings (SSSR count). The third-order valence-corrected chi connectivity index (χ3v) is 4.54. The van der Waals surface area contributed by atoms with Gasteiger partial charge in [0, 0.05) is 14.5 Å². The van der Waals surface area contributed by atoms with Crippen molar-refractivity contribution in [1.29, 1.82) is 0 Å². The molecular formula is C12H14Br2O2. The highest BCUT2D eigenvalue weighted by molar-refractivity contribution is 9.13. The lowest BCUT2D eigenvalue weighted by Crippen LogP contribution is -2.07. The van der Waals surface area contributed by atoms with Crippen LogP contribution in [0.2, 0.25) is 0 Å². The van der Waals surface area contributed by atoms with Crippen LogP contribution in [0.4, 0.5) is 0 Å². The number of rotatable bonds is 4. The van der Waals surface area contributed by atoms with E-state index in [0.717, 1.165) is 21.3 Å². The number of benzene rings is 1. The lowest BCUT2D eigenvalue weighted by Gasteiger charge is -2.16. The average Bonchev–Trinajstić information content (AvgIpc) is 3.03. The van der Waals surface area contributed by atoms with Gasteiger partial charge in [-0.15, -0.1) is 0 Å². The number of hydrogen-bond donors (Lipinski definition) is 0. The van der Waals surface area contributed by atoms with Crippen molar-refractivity contribution in [3.8, 4) is 5.75 Å². The van der Waals surface area contributed by atoms with Crippen LogP contribution in [-0.4, -0.2) is 19.3 Å². The predicted molar refractivity (Wildman–Crippen MR) is 71.2 cm³/mol. The zero-order chi connectivity index (χ0) is 11.7. The maximum absolute atomic E-state index is 5.78. The molecule has 1 saturated heterocycles. The zero-order valence-corrected chi connectivity index (χ0v) is 12.5. The van der Waals surface area contributed by atoms with E-state index >= 15 is 0 Å². The van der Waals surface area contributed by atoms with Crippen LogP contribution in [0, 0.1) is 0 Å². The van der Waals surface area contributed by atoms with Gasteiger partial charge in [0.2, 0.25) is 0 Å². The Labute approximate surface area is 113 Å². The summed E-state index contributed by atoms with van der Waals surface area (Å²) in [7, 11) is 0. The molecular weight excluding hydrogens is 336 g/mol. The fourth-order valence-corrected chi connectivity index (χ4v) is 2.69. The summed E-state index contributed by atoms with van der Waals surface area (Å²) >= 11 is 7.11. The summed E-state index contributed by atoms with van der Waals surface area (Å²) in [6, 6.07) is 4.01. The Hall–Kier alpha value is -0.0600. The predicted octanol–water partition coefficient (Wildman–Crippen LogP) is 4.11. The standard InChI is InChI=1S/C12H14Br2O2/c1-7(2)11-10(16-6-8-5-15-8)4-3-9(13)12(11)14/h3-4,7-8H,5-6H2,1-2H3. The molecule has 0 radical (unpaired) electrons. The number of ether oxygens (including phenoxy) is 2. The minimum absolute atomic E-state index is 0.294. The van der Waals surface area contributed by atoms with Gasteiger partial charge in [0.15, 0.2) is 0 Å². The molecule has 1 heterocycles. The van der Waals surface area contributed by atoms with Crippen molar-refractivity contribution in [3.05, 3.63) is 26.6 Å². The van der Waals surface area contributed by atoms with Crippen molar-refractivity contribution in [2.75, 3.05) is 13.2 Å². The molecule has 1 unspecified atom stereocenters. The zero-order valence-electron chi connectivity index (χ0n) is 9.30. The van der Waals surface area contributed by atoms with E-state index in [-0.39, 0.29) is 0 Å². The lowest BCUT2D eigenvalue weighted by atomic mass is 10.0. The maximum atomic E-state index is 5.78. The first-order valence-corrected chi connectivity index (χ1v) is 6.90. The van der Waals surface area contributed by atoms with Crippen molar-refractivity contribution < 1.29 is 9.47 Å². The van der Waals surface area contributed by atoms with Crippen molar-refractivity contribution >= 4 is 31.9 Å². The molecule has 2 nitrogen and oxygen atoms in total. The third kappa shape index (κ3) is 2.79. The molecule has 1 aromatic carbocycles. The molecule has 0 bridgehead atoms. The molecule has 0 saturated carbocycles. The first-order chi connectivity index (χ1) is 7.59. The van der Waals surface area contributed by atoms with Crippen LogP contribution in [0.5, 0.6) is 5.75 Å². The van der Waals surface area contributed by atoms with Crippen LogP contribution in [0.15, 0.2) is 21.1 Å². The minimum Gasteiger partial charge on any atom is -0.490 e. The van der Waals surface area contributed by atoms with E-state index in [0.29, 0.717) is 18.6 Å². The van der Waals surface area contributed by atoms with Crippen LogP contribution in [0.1, 0.15) is 25.3 Å². The Kier molecular flexibility index (Phi) is 3.93. The first-order valence-electron chi connectivity index (χ1n) is 5.32. The maximum Gasteiger partial charge on any atom is 0.124 e. The van der Waals surface area contributed by atoms with Gasteiger partial charge in [0.05, 0.1) is 6.61 Å². The Morgan fingerprint density at radius 3 is 2.69 bits per heavy atom. The van der Waals surface area contributed by atoms with Gasteiger partial charge < -0.3 is 9.47 Å². The number of hydrogen-bond acceptors (Lipinski definition) is 2. The third-order valence-electron chi connectivity index (χ3n) is 2.50. The van der Waals surface area contributed by atoms with Crippen molar-refractivity contribution in [3.63, 3.8) is 0 Å². The molecule has 0 N–H and O–H groups in total. The van der Waals surface area contributed by atoms with Crippen molar-refractivity contribution in [2.45, 2.75) is 25.9 Å². The van der Waals surface area contributed by atoms with Gasteiger partial charge in [-0.2, -0.15) is 0 Å². The van der Waals surface area contributed by atoms with E-state index < -0.39 is 0 Å². The molecule has 0 aromatic heterocycles. The van der Waals surface area contributed by atoms with E-state index in [1.807, 2.05) is 12.1 Å². The lowest BCUT2D eigenvalue weighted by molar-refractivity contribution is 0.260. The second-order valence-electron chi connectivity index (χ2n) is 4.19. The summed E-state index contributed by atoms with van der Waals surface area (Å²) in [5.74, 6) is 1.36. The van der Waals surface area contributed by atoms with Gasteiger partial charge in [0.1, 0.15) is 18.5 Å². The van der Waals surface area contributed by atoms with Gasteiger partial charge in [-0.05, 0) is 49.9 Å². The Bertz CT molecular complexity index is 387. The highest BCUT2D eigenvalue weighted by Crippen LogP contribution is 2.38. The van der Waals surface area contributed by atoms with Gasteiger partial charge in [-0.3, -0.25) is 0 Å². The topological polar surface area (TPSA) is 21.8 Å². The van der Waals surface area contributed by atoms with Gasteiger partial charge in [-0.25, -0.2) is 0 Å². The summed E-state index contributed by atoms with van der Waals surface area (Å²) in [5.41, 5.74) is 1.20. The molecule has 1 aliphatic heterocycles. The SMILES string of the molecule is CC(C)c1c(OCC2CO2)ccc(Br)c1Br. The van der Waals surface area contributed by atoms with Gasteiger partial charge in [0.25, 0.3) is 0 Å². The molecule has 1 fully saturated rings. The second kappa shape index (κ2) is 5.07. The summed E-state index contributed by atoms with van der Waals surface area (Å²) < 4.78 is 13.1. The fraction of sp³-hybridized carbons (Fsp3) is 0.500. The number of epoxide rings is 1. The van der Waals surface area contributed by atoms with E-state index in [4.69, 9.17) is 9.47 Å². The fourth-order valence-electron chi connectivity index (χ4n) is 1.56. The van der Waals surface area contributed by atoms with Gasteiger partial charge >= 0.3 is 0 Å². The highest BCUT2D eigenvalue weighted by Gasteiger charge is 2.24.